The van der Waals surface area contributed by atoms with Gasteiger partial charge in [-0.3, -0.25) is 14.4 Å². The molecule has 6 heteroatoms. The first-order valence-electron chi connectivity index (χ1n) is 6.62. The standard InChI is InChI=1S/C14H15N3O3/c18-12-4-2-9-7-10(1-3-11(9)16-12)14(20)17-6-5-15-13(19)8-17/h1,3,7H,2,4-6,8H2,(H,15,19)(H,16,18). The zero-order valence-electron chi connectivity index (χ0n) is 10.9. The maximum atomic E-state index is 12.4. The number of nitrogens with zero attached hydrogens (tertiary/aromatic N) is 1. The van der Waals surface area contributed by atoms with E-state index in [0.29, 0.717) is 31.5 Å². The molecule has 0 saturated carbocycles. The van der Waals surface area contributed by atoms with E-state index in [0.717, 1.165) is 11.3 Å². The van der Waals surface area contributed by atoms with Gasteiger partial charge in [-0.05, 0) is 30.2 Å². The molecule has 1 fully saturated rings. The number of rotatable bonds is 1. The van der Waals surface area contributed by atoms with Crippen molar-refractivity contribution in [2.24, 2.45) is 0 Å². The van der Waals surface area contributed by atoms with Gasteiger partial charge in [-0.15, -0.1) is 0 Å². The molecule has 1 aromatic rings. The maximum absolute atomic E-state index is 12.4. The molecule has 2 N–H and O–H groups in total. The molecule has 0 bridgehead atoms. The number of nitrogens with one attached hydrogen (secondary N) is 2. The SMILES string of the molecule is O=C1CN(C(=O)c2ccc3c(c2)CCC(=O)N3)CCN1. The van der Waals surface area contributed by atoms with Crippen LogP contribution in [0.5, 0.6) is 0 Å². The van der Waals surface area contributed by atoms with Gasteiger partial charge >= 0.3 is 0 Å². The predicted molar refractivity (Wildman–Crippen MR) is 72.3 cm³/mol. The quantitative estimate of drug-likeness (QED) is 0.764. The Morgan fingerprint density at radius 1 is 1.15 bits per heavy atom. The van der Waals surface area contributed by atoms with Gasteiger partial charge in [0.05, 0.1) is 6.54 Å². The summed E-state index contributed by atoms with van der Waals surface area (Å²) in [5, 5.41) is 5.48. The first kappa shape index (κ1) is 12.7. The summed E-state index contributed by atoms with van der Waals surface area (Å²) in [4.78, 5) is 36.5. The molecule has 0 atom stereocenters. The highest BCUT2D eigenvalue weighted by molar-refractivity contribution is 5.99. The summed E-state index contributed by atoms with van der Waals surface area (Å²) < 4.78 is 0. The van der Waals surface area contributed by atoms with Gasteiger partial charge in [0, 0.05) is 30.8 Å². The van der Waals surface area contributed by atoms with Crippen molar-refractivity contribution in [3.05, 3.63) is 29.3 Å². The highest BCUT2D eigenvalue weighted by atomic mass is 16.2. The van der Waals surface area contributed by atoms with Gasteiger partial charge in [-0.25, -0.2) is 0 Å². The van der Waals surface area contributed by atoms with Gasteiger partial charge in [0.1, 0.15) is 0 Å². The van der Waals surface area contributed by atoms with Gasteiger partial charge in [0.15, 0.2) is 0 Å². The summed E-state index contributed by atoms with van der Waals surface area (Å²) in [6.07, 6.45) is 1.08. The normalized spacial score (nSPS) is 18.1. The summed E-state index contributed by atoms with van der Waals surface area (Å²) >= 11 is 0. The molecule has 1 aromatic carbocycles. The molecule has 0 aliphatic carbocycles. The van der Waals surface area contributed by atoms with E-state index in [1.807, 2.05) is 6.07 Å². The monoisotopic (exact) mass is 273 g/mol. The Hall–Kier alpha value is -2.37. The minimum atomic E-state index is -0.139. The molecule has 1 saturated heterocycles. The van der Waals surface area contributed by atoms with Crippen LogP contribution in [-0.4, -0.2) is 42.3 Å². The van der Waals surface area contributed by atoms with E-state index in [-0.39, 0.29) is 24.3 Å². The summed E-state index contributed by atoms with van der Waals surface area (Å²) in [6, 6.07) is 5.26. The number of aryl methyl sites for hydroxylation is 1. The number of fused-ring (bicyclic) bond motifs is 1. The Morgan fingerprint density at radius 3 is 2.80 bits per heavy atom. The second-order valence-corrected chi connectivity index (χ2v) is 5.00. The lowest BCUT2D eigenvalue weighted by Crippen LogP contribution is -2.50. The van der Waals surface area contributed by atoms with E-state index in [4.69, 9.17) is 0 Å². The lowest BCUT2D eigenvalue weighted by Gasteiger charge is -2.27. The zero-order chi connectivity index (χ0) is 14.1. The Bertz CT molecular complexity index is 597. The van der Waals surface area contributed by atoms with Crippen molar-refractivity contribution < 1.29 is 14.4 Å². The average molecular weight is 273 g/mol. The maximum Gasteiger partial charge on any atom is 0.254 e. The number of benzene rings is 1. The number of anilines is 1. The van der Waals surface area contributed by atoms with E-state index >= 15 is 0 Å². The average Bonchev–Trinajstić information content (AvgIpc) is 2.46. The van der Waals surface area contributed by atoms with Gasteiger partial charge in [0.25, 0.3) is 5.91 Å². The van der Waals surface area contributed by atoms with Crippen LogP contribution in [0, 0.1) is 0 Å². The highest BCUT2D eigenvalue weighted by Gasteiger charge is 2.23. The lowest BCUT2D eigenvalue weighted by molar-refractivity contribution is -0.123. The van der Waals surface area contributed by atoms with Gasteiger partial charge < -0.3 is 15.5 Å². The second kappa shape index (κ2) is 4.96. The fourth-order valence-electron chi connectivity index (χ4n) is 2.51. The molecular formula is C14H15N3O3. The molecule has 2 aliphatic rings. The van der Waals surface area contributed by atoms with Crippen molar-refractivity contribution in [2.45, 2.75) is 12.8 Å². The van der Waals surface area contributed by atoms with Gasteiger partial charge in [-0.2, -0.15) is 0 Å². The fraction of sp³-hybridized carbons (Fsp3) is 0.357. The predicted octanol–water partition coefficient (Wildman–Crippen LogP) is 0.143. The van der Waals surface area contributed by atoms with Gasteiger partial charge in [0.2, 0.25) is 11.8 Å². The van der Waals surface area contributed by atoms with Crippen molar-refractivity contribution in [3.63, 3.8) is 0 Å². The molecule has 2 heterocycles. The van der Waals surface area contributed by atoms with Crippen LogP contribution in [0.2, 0.25) is 0 Å². The van der Waals surface area contributed by atoms with Crippen molar-refractivity contribution in [2.75, 3.05) is 25.0 Å². The number of hydrogen-bond donors (Lipinski definition) is 2. The van der Waals surface area contributed by atoms with E-state index < -0.39 is 0 Å². The lowest BCUT2D eigenvalue weighted by atomic mass is 10.00. The summed E-state index contributed by atoms with van der Waals surface area (Å²) in [6.45, 7) is 1.12. The second-order valence-electron chi connectivity index (χ2n) is 5.00. The van der Waals surface area contributed by atoms with E-state index in [1.54, 1.807) is 17.0 Å². The molecule has 0 spiro atoms. The summed E-state index contributed by atoms with van der Waals surface area (Å²) in [7, 11) is 0. The minimum Gasteiger partial charge on any atom is -0.353 e. The van der Waals surface area contributed by atoms with Crippen molar-refractivity contribution >= 4 is 23.4 Å². The number of hydrogen-bond acceptors (Lipinski definition) is 3. The van der Waals surface area contributed by atoms with Crippen molar-refractivity contribution in [3.8, 4) is 0 Å². The van der Waals surface area contributed by atoms with E-state index in [2.05, 4.69) is 10.6 Å². The first-order valence-corrected chi connectivity index (χ1v) is 6.62. The van der Waals surface area contributed by atoms with Crippen LogP contribution >= 0.6 is 0 Å². The third-order valence-electron chi connectivity index (χ3n) is 3.57. The summed E-state index contributed by atoms with van der Waals surface area (Å²) in [5.74, 6) is -0.265. The molecule has 6 nitrogen and oxygen atoms in total. The largest absolute Gasteiger partial charge is 0.353 e. The van der Waals surface area contributed by atoms with Crippen molar-refractivity contribution in [1.82, 2.24) is 10.2 Å². The topological polar surface area (TPSA) is 78.5 Å². The molecular weight excluding hydrogens is 258 g/mol. The third kappa shape index (κ3) is 2.36. The molecule has 20 heavy (non-hydrogen) atoms. The Morgan fingerprint density at radius 2 is 2.00 bits per heavy atom. The van der Waals surface area contributed by atoms with Crippen LogP contribution in [0.4, 0.5) is 5.69 Å². The number of carbonyl (C=O) groups excluding carboxylic acids is 3. The van der Waals surface area contributed by atoms with Crippen LogP contribution in [-0.2, 0) is 16.0 Å². The van der Waals surface area contributed by atoms with Crippen LogP contribution < -0.4 is 10.6 Å². The Labute approximate surface area is 116 Å². The Kier molecular flexibility index (Phi) is 3.14. The zero-order valence-corrected chi connectivity index (χ0v) is 10.9. The van der Waals surface area contributed by atoms with Crippen LogP contribution in [0.3, 0.4) is 0 Å². The van der Waals surface area contributed by atoms with E-state index in [9.17, 15) is 14.4 Å². The van der Waals surface area contributed by atoms with Crippen molar-refractivity contribution in [1.29, 1.82) is 0 Å². The number of carbonyl (C=O) groups is 3. The minimum absolute atomic E-state index is 0.00396. The highest BCUT2D eigenvalue weighted by Crippen LogP contribution is 2.24. The first-order chi connectivity index (χ1) is 9.63. The smallest absolute Gasteiger partial charge is 0.254 e. The number of piperazine rings is 1. The fourth-order valence-corrected chi connectivity index (χ4v) is 2.51. The summed E-state index contributed by atoms with van der Waals surface area (Å²) in [5.41, 5.74) is 2.31. The molecule has 0 aromatic heterocycles. The molecule has 2 aliphatic heterocycles. The van der Waals surface area contributed by atoms with E-state index in [1.165, 1.54) is 0 Å². The Balaban J connectivity index is 1.82. The molecule has 104 valence electrons. The van der Waals surface area contributed by atoms with Crippen LogP contribution in [0.25, 0.3) is 0 Å². The van der Waals surface area contributed by atoms with Crippen LogP contribution in [0.15, 0.2) is 18.2 Å². The molecule has 3 rings (SSSR count). The van der Waals surface area contributed by atoms with Crippen LogP contribution in [0.1, 0.15) is 22.3 Å². The molecule has 3 amide bonds. The molecule has 0 unspecified atom stereocenters. The molecule has 0 radical (unpaired) electrons. The number of amides is 3. The van der Waals surface area contributed by atoms with Gasteiger partial charge in [-0.1, -0.05) is 0 Å². The third-order valence-corrected chi connectivity index (χ3v) is 3.57.